The third-order valence-electron chi connectivity index (χ3n) is 3.45. The van der Waals surface area contributed by atoms with Crippen molar-refractivity contribution in [1.82, 2.24) is 0 Å². The summed E-state index contributed by atoms with van der Waals surface area (Å²) in [6.45, 7) is 0.959. The van der Waals surface area contributed by atoms with Crippen LogP contribution in [0.25, 0.3) is 0 Å². The first-order chi connectivity index (χ1) is 10.6. The second-order valence-corrected chi connectivity index (χ2v) is 5.12. The van der Waals surface area contributed by atoms with Gasteiger partial charge in [-0.25, -0.2) is 0 Å². The standard InChI is InChI=1S/C17H19NO4.ClH/c19-14(12-4-2-1-3-5-12)8-9-18-11-17(22)13-6-7-15(20)16(21)10-13;/h1-7,10,17-18,20-22H,8-9,11H2;1H. The van der Waals surface area contributed by atoms with E-state index in [1.807, 2.05) is 23.5 Å². The smallest absolute Gasteiger partial charge is 0.168 e. The molecule has 0 aliphatic carbocycles. The quantitative estimate of drug-likeness (QED) is 0.266. The summed E-state index contributed by atoms with van der Waals surface area (Å²) >= 11 is 0. The number of nitrogens with two attached hydrogens (primary N) is 1. The molecule has 0 aromatic heterocycles. The second kappa shape index (κ2) is 9.15. The number of phenols is 2. The molecule has 0 aliphatic rings. The van der Waals surface area contributed by atoms with Gasteiger partial charge in [-0.2, -0.15) is 0 Å². The summed E-state index contributed by atoms with van der Waals surface area (Å²) in [5.41, 5.74) is 1.22. The number of hydrogen-bond acceptors (Lipinski definition) is 4. The number of carbonyl (C=O) groups is 1. The number of aromatic hydroxyl groups is 2. The minimum absolute atomic E-state index is 0. The Morgan fingerprint density at radius 1 is 1.04 bits per heavy atom. The SMILES string of the molecule is O=C(CC[NH2+]CC(O)c1ccc(O)c(O)c1)c1ccccc1.[Cl-]. The van der Waals surface area contributed by atoms with E-state index in [-0.39, 0.29) is 29.7 Å². The highest BCUT2D eigenvalue weighted by Gasteiger charge is 2.12. The molecular formula is C17H20ClNO4. The van der Waals surface area contributed by atoms with Crippen LogP contribution in [0.1, 0.15) is 28.4 Å². The predicted octanol–water partition coefficient (Wildman–Crippen LogP) is -2.03. The molecule has 2 aromatic rings. The highest BCUT2D eigenvalue weighted by molar-refractivity contribution is 5.95. The van der Waals surface area contributed by atoms with Crippen molar-refractivity contribution < 1.29 is 37.8 Å². The van der Waals surface area contributed by atoms with Crippen LogP contribution in [0.15, 0.2) is 48.5 Å². The van der Waals surface area contributed by atoms with E-state index in [0.717, 1.165) is 0 Å². The van der Waals surface area contributed by atoms with Gasteiger partial charge in [-0.1, -0.05) is 36.4 Å². The fraction of sp³-hybridized carbons (Fsp3) is 0.235. The number of ketones is 1. The molecule has 0 heterocycles. The number of rotatable bonds is 7. The Hall–Kier alpha value is -2.08. The van der Waals surface area contributed by atoms with Crippen molar-refractivity contribution in [3.05, 3.63) is 59.7 Å². The first-order valence-electron chi connectivity index (χ1n) is 7.18. The summed E-state index contributed by atoms with van der Waals surface area (Å²) in [5, 5.41) is 30.5. The van der Waals surface area contributed by atoms with E-state index in [1.165, 1.54) is 12.1 Å². The summed E-state index contributed by atoms with van der Waals surface area (Å²) < 4.78 is 0. The van der Waals surface area contributed by atoms with Gasteiger partial charge in [0.15, 0.2) is 17.3 Å². The minimum Gasteiger partial charge on any atom is -1.00 e. The van der Waals surface area contributed by atoms with Gasteiger partial charge in [0.25, 0.3) is 0 Å². The Kier molecular flexibility index (Phi) is 7.54. The topological polar surface area (TPSA) is 94.4 Å². The van der Waals surface area contributed by atoms with Crippen LogP contribution in [0, 0.1) is 0 Å². The fourth-order valence-corrected chi connectivity index (χ4v) is 2.16. The van der Waals surface area contributed by atoms with Gasteiger partial charge in [0, 0.05) is 5.56 Å². The molecule has 5 nitrogen and oxygen atoms in total. The largest absolute Gasteiger partial charge is 1.00 e. The van der Waals surface area contributed by atoms with E-state index in [4.69, 9.17) is 0 Å². The summed E-state index contributed by atoms with van der Waals surface area (Å²) in [5.74, 6) is -0.391. The molecule has 6 heteroatoms. The zero-order valence-corrected chi connectivity index (χ0v) is 13.3. The van der Waals surface area contributed by atoms with Crippen LogP contribution in [0.4, 0.5) is 0 Å². The van der Waals surface area contributed by atoms with Gasteiger partial charge >= 0.3 is 0 Å². The van der Waals surface area contributed by atoms with Crippen LogP contribution in [0.5, 0.6) is 11.5 Å². The summed E-state index contributed by atoms with van der Waals surface area (Å²) in [6, 6.07) is 13.3. The first-order valence-corrected chi connectivity index (χ1v) is 7.18. The maximum Gasteiger partial charge on any atom is 0.168 e. The van der Waals surface area contributed by atoms with Crippen molar-refractivity contribution in [3.8, 4) is 11.5 Å². The third kappa shape index (κ3) is 5.56. The van der Waals surface area contributed by atoms with Crippen molar-refractivity contribution in [3.63, 3.8) is 0 Å². The average molecular weight is 338 g/mol. The van der Waals surface area contributed by atoms with E-state index in [9.17, 15) is 20.1 Å². The van der Waals surface area contributed by atoms with Crippen molar-refractivity contribution in [1.29, 1.82) is 0 Å². The van der Waals surface area contributed by atoms with Crippen LogP contribution in [-0.4, -0.2) is 34.2 Å². The maximum atomic E-state index is 11.9. The van der Waals surface area contributed by atoms with Gasteiger partial charge in [-0.15, -0.1) is 0 Å². The highest BCUT2D eigenvalue weighted by Crippen LogP contribution is 2.27. The number of phenolic OH excluding ortho intramolecular Hbond substituents is 2. The van der Waals surface area contributed by atoms with Crippen LogP contribution in [0.2, 0.25) is 0 Å². The summed E-state index contributed by atoms with van der Waals surface area (Å²) in [4.78, 5) is 11.9. The lowest BCUT2D eigenvalue weighted by molar-refractivity contribution is -0.660. The molecule has 5 N–H and O–H groups in total. The molecule has 1 unspecified atom stereocenters. The Bertz CT molecular complexity index is 634. The minimum atomic E-state index is -0.765. The monoisotopic (exact) mass is 337 g/mol. The van der Waals surface area contributed by atoms with Gasteiger partial charge in [0.1, 0.15) is 12.6 Å². The fourth-order valence-electron chi connectivity index (χ4n) is 2.16. The normalized spacial score (nSPS) is 11.5. The van der Waals surface area contributed by atoms with E-state index in [1.54, 1.807) is 18.2 Å². The van der Waals surface area contributed by atoms with Crippen LogP contribution in [0.3, 0.4) is 0 Å². The third-order valence-corrected chi connectivity index (χ3v) is 3.45. The predicted molar refractivity (Wildman–Crippen MR) is 81.8 cm³/mol. The Morgan fingerprint density at radius 2 is 1.74 bits per heavy atom. The van der Waals surface area contributed by atoms with Gasteiger partial charge in [0.2, 0.25) is 0 Å². The van der Waals surface area contributed by atoms with E-state index in [0.29, 0.717) is 30.6 Å². The van der Waals surface area contributed by atoms with E-state index < -0.39 is 6.10 Å². The average Bonchev–Trinajstić information content (AvgIpc) is 2.54. The first kappa shape index (κ1) is 19.0. The lowest BCUT2D eigenvalue weighted by Crippen LogP contribution is -3.00. The van der Waals surface area contributed by atoms with Crippen molar-refractivity contribution >= 4 is 5.78 Å². The van der Waals surface area contributed by atoms with Gasteiger partial charge in [0.05, 0.1) is 13.0 Å². The van der Waals surface area contributed by atoms with Crippen LogP contribution < -0.4 is 17.7 Å². The second-order valence-electron chi connectivity index (χ2n) is 5.12. The molecule has 124 valence electrons. The van der Waals surface area contributed by atoms with Gasteiger partial charge < -0.3 is 33.0 Å². The van der Waals surface area contributed by atoms with Crippen LogP contribution in [-0.2, 0) is 0 Å². The molecule has 0 saturated carbocycles. The Labute approximate surface area is 141 Å². The van der Waals surface area contributed by atoms with Crippen LogP contribution >= 0.6 is 0 Å². The molecule has 2 aromatic carbocycles. The molecule has 0 spiro atoms. The van der Waals surface area contributed by atoms with Gasteiger partial charge in [-0.05, 0) is 17.7 Å². The number of quaternary nitrogens is 1. The number of hydrogen-bond donors (Lipinski definition) is 4. The number of carbonyl (C=O) groups excluding carboxylic acids is 1. The molecule has 0 fully saturated rings. The lowest BCUT2D eigenvalue weighted by atomic mass is 10.1. The van der Waals surface area contributed by atoms with E-state index >= 15 is 0 Å². The number of aliphatic hydroxyl groups is 1. The Morgan fingerprint density at radius 3 is 2.39 bits per heavy atom. The molecular weight excluding hydrogens is 318 g/mol. The molecule has 0 radical (unpaired) electrons. The number of Topliss-reactive ketones (excluding diaryl/α,β-unsaturated/α-hetero) is 1. The molecule has 2 rings (SSSR count). The van der Waals surface area contributed by atoms with Crippen molar-refractivity contribution in [2.75, 3.05) is 13.1 Å². The lowest BCUT2D eigenvalue weighted by Gasteiger charge is -2.10. The zero-order chi connectivity index (χ0) is 15.9. The highest BCUT2D eigenvalue weighted by atomic mass is 35.5. The number of benzene rings is 2. The zero-order valence-electron chi connectivity index (χ0n) is 12.5. The summed E-state index contributed by atoms with van der Waals surface area (Å²) in [7, 11) is 0. The van der Waals surface area contributed by atoms with E-state index in [2.05, 4.69) is 0 Å². The molecule has 0 bridgehead atoms. The molecule has 1 atom stereocenters. The number of halogens is 1. The number of aliphatic hydroxyl groups excluding tert-OH is 1. The summed E-state index contributed by atoms with van der Waals surface area (Å²) in [6.07, 6.45) is -0.365. The van der Waals surface area contributed by atoms with Crippen molar-refractivity contribution in [2.24, 2.45) is 0 Å². The molecule has 0 amide bonds. The molecule has 0 aliphatic heterocycles. The Balaban J connectivity index is 0.00000264. The van der Waals surface area contributed by atoms with Crippen molar-refractivity contribution in [2.45, 2.75) is 12.5 Å². The van der Waals surface area contributed by atoms with Gasteiger partial charge in [-0.3, -0.25) is 4.79 Å². The molecule has 23 heavy (non-hydrogen) atoms. The maximum absolute atomic E-state index is 11.9. The molecule has 0 saturated heterocycles.